The van der Waals surface area contributed by atoms with Gasteiger partial charge >= 0.3 is 0 Å². The maximum absolute atomic E-state index is 13.3. The Labute approximate surface area is 115 Å². The van der Waals surface area contributed by atoms with Gasteiger partial charge in [-0.25, -0.2) is 8.78 Å². The number of rotatable bonds is 3. The number of benzene rings is 2. The van der Waals surface area contributed by atoms with E-state index >= 15 is 0 Å². The molecule has 4 heteroatoms. The van der Waals surface area contributed by atoms with E-state index < -0.39 is 11.6 Å². The summed E-state index contributed by atoms with van der Waals surface area (Å²) < 4.78 is 26.5. The lowest BCUT2D eigenvalue weighted by Crippen LogP contribution is -2.01. The minimum absolute atomic E-state index is 0.527. The second kappa shape index (κ2) is 5.06. The summed E-state index contributed by atoms with van der Waals surface area (Å²) in [5.74, 6) is -1.15. The zero-order valence-corrected chi connectivity index (χ0v) is 10.8. The molecule has 0 amide bonds. The molecule has 0 unspecified atom stereocenters. The van der Waals surface area contributed by atoms with Crippen LogP contribution in [0.15, 0.2) is 42.6 Å². The summed E-state index contributed by atoms with van der Waals surface area (Å²) in [6.45, 7) is 0.587. The molecule has 0 aliphatic rings. The van der Waals surface area contributed by atoms with Crippen molar-refractivity contribution in [3.05, 3.63) is 59.8 Å². The molecule has 0 atom stereocenters. The third kappa shape index (κ3) is 2.30. The summed E-state index contributed by atoms with van der Waals surface area (Å²) in [4.78, 5) is 3.17. The van der Waals surface area contributed by atoms with Gasteiger partial charge in [0.2, 0.25) is 0 Å². The van der Waals surface area contributed by atoms with E-state index in [0.29, 0.717) is 12.1 Å². The lowest BCUT2D eigenvalue weighted by Gasteiger charge is -2.04. The van der Waals surface area contributed by atoms with Gasteiger partial charge in [0.1, 0.15) is 11.6 Å². The van der Waals surface area contributed by atoms with Gasteiger partial charge in [0, 0.05) is 23.2 Å². The Hall–Kier alpha value is -2.20. The van der Waals surface area contributed by atoms with E-state index in [1.807, 2.05) is 24.4 Å². The van der Waals surface area contributed by atoms with Crippen LogP contribution in [0.25, 0.3) is 22.0 Å². The number of aromatic amines is 1. The molecular formula is C16H14F2N2. The van der Waals surface area contributed by atoms with Crippen LogP contribution in [-0.2, 0) is 6.42 Å². The number of hydrogen-bond donors (Lipinski definition) is 2. The first kappa shape index (κ1) is 12.8. The monoisotopic (exact) mass is 272 g/mol. The van der Waals surface area contributed by atoms with Crippen LogP contribution in [-0.4, -0.2) is 11.5 Å². The molecule has 0 saturated carbocycles. The van der Waals surface area contributed by atoms with Crippen molar-refractivity contribution in [2.45, 2.75) is 6.42 Å². The van der Waals surface area contributed by atoms with Crippen molar-refractivity contribution in [3.8, 4) is 11.1 Å². The lowest BCUT2D eigenvalue weighted by atomic mass is 10.0. The second-order valence-corrected chi connectivity index (χ2v) is 4.77. The van der Waals surface area contributed by atoms with Crippen LogP contribution in [0.2, 0.25) is 0 Å². The van der Waals surface area contributed by atoms with Crippen LogP contribution in [0.1, 0.15) is 5.56 Å². The highest BCUT2D eigenvalue weighted by Crippen LogP contribution is 2.27. The summed E-state index contributed by atoms with van der Waals surface area (Å²) in [5, 5.41) is 1.09. The number of H-pyrrole nitrogens is 1. The van der Waals surface area contributed by atoms with Gasteiger partial charge in [-0.2, -0.15) is 0 Å². The largest absolute Gasteiger partial charge is 0.361 e. The summed E-state index contributed by atoms with van der Waals surface area (Å²) in [7, 11) is 0. The third-order valence-electron chi connectivity index (χ3n) is 3.38. The van der Waals surface area contributed by atoms with Crippen molar-refractivity contribution in [2.24, 2.45) is 5.73 Å². The number of hydrogen-bond acceptors (Lipinski definition) is 1. The molecular weight excluding hydrogens is 258 g/mol. The molecule has 2 aromatic carbocycles. The van der Waals surface area contributed by atoms with Crippen LogP contribution in [0.5, 0.6) is 0 Å². The van der Waals surface area contributed by atoms with Gasteiger partial charge in [0.05, 0.1) is 0 Å². The van der Waals surface area contributed by atoms with Gasteiger partial charge in [0.25, 0.3) is 0 Å². The Morgan fingerprint density at radius 2 is 1.70 bits per heavy atom. The Kier molecular flexibility index (Phi) is 3.24. The molecule has 2 nitrogen and oxygen atoms in total. The minimum Gasteiger partial charge on any atom is -0.361 e. The maximum Gasteiger partial charge on any atom is 0.126 e. The number of aromatic nitrogens is 1. The molecule has 0 radical (unpaired) electrons. The molecule has 20 heavy (non-hydrogen) atoms. The quantitative estimate of drug-likeness (QED) is 0.751. The highest BCUT2D eigenvalue weighted by Gasteiger charge is 2.07. The molecule has 0 saturated heterocycles. The van der Waals surface area contributed by atoms with Gasteiger partial charge < -0.3 is 10.7 Å². The van der Waals surface area contributed by atoms with E-state index in [1.54, 1.807) is 0 Å². The maximum atomic E-state index is 13.3. The van der Waals surface area contributed by atoms with E-state index in [4.69, 9.17) is 5.73 Å². The van der Waals surface area contributed by atoms with Gasteiger partial charge in [-0.05, 0) is 47.9 Å². The molecule has 0 fully saturated rings. The highest BCUT2D eigenvalue weighted by atomic mass is 19.1. The molecule has 0 aliphatic carbocycles. The fraction of sp³-hybridized carbons (Fsp3) is 0.125. The summed E-state index contributed by atoms with van der Waals surface area (Å²) >= 11 is 0. The zero-order chi connectivity index (χ0) is 14.1. The Morgan fingerprint density at radius 1 is 0.950 bits per heavy atom. The van der Waals surface area contributed by atoms with Gasteiger partial charge in [0.15, 0.2) is 0 Å². The zero-order valence-electron chi connectivity index (χ0n) is 10.8. The summed E-state index contributed by atoms with van der Waals surface area (Å²) in [6, 6.07) is 9.24. The Bertz CT molecular complexity index is 742. The normalized spacial score (nSPS) is 11.2. The smallest absolute Gasteiger partial charge is 0.126 e. The van der Waals surface area contributed by atoms with Crippen molar-refractivity contribution >= 4 is 10.9 Å². The van der Waals surface area contributed by atoms with E-state index in [-0.39, 0.29) is 0 Å². The van der Waals surface area contributed by atoms with E-state index in [9.17, 15) is 8.78 Å². The SMILES string of the molecule is NCCc1c[nH]c2cc(-c3cc(F)cc(F)c3)ccc12. The first-order valence-corrected chi connectivity index (χ1v) is 6.44. The van der Waals surface area contributed by atoms with E-state index in [1.165, 1.54) is 12.1 Å². The van der Waals surface area contributed by atoms with E-state index in [2.05, 4.69) is 4.98 Å². The van der Waals surface area contributed by atoms with Gasteiger partial charge in [-0.3, -0.25) is 0 Å². The molecule has 3 N–H and O–H groups in total. The Balaban J connectivity index is 2.09. The van der Waals surface area contributed by atoms with Crippen LogP contribution in [0.3, 0.4) is 0 Å². The van der Waals surface area contributed by atoms with Gasteiger partial charge in [-0.15, -0.1) is 0 Å². The second-order valence-electron chi connectivity index (χ2n) is 4.77. The first-order chi connectivity index (χ1) is 9.67. The molecule has 102 valence electrons. The average Bonchev–Trinajstić information content (AvgIpc) is 2.81. The molecule has 0 bridgehead atoms. The lowest BCUT2D eigenvalue weighted by molar-refractivity contribution is 0.584. The van der Waals surface area contributed by atoms with Crippen LogP contribution in [0.4, 0.5) is 8.78 Å². The predicted molar refractivity (Wildman–Crippen MR) is 76.4 cm³/mol. The topological polar surface area (TPSA) is 41.8 Å². The van der Waals surface area contributed by atoms with Crippen molar-refractivity contribution in [1.29, 1.82) is 0 Å². The third-order valence-corrected chi connectivity index (χ3v) is 3.38. The van der Waals surface area contributed by atoms with E-state index in [0.717, 1.165) is 34.5 Å². The van der Waals surface area contributed by atoms with Crippen LogP contribution >= 0.6 is 0 Å². The van der Waals surface area contributed by atoms with Crippen molar-refractivity contribution in [1.82, 2.24) is 4.98 Å². The fourth-order valence-corrected chi connectivity index (χ4v) is 2.45. The van der Waals surface area contributed by atoms with Crippen molar-refractivity contribution in [2.75, 3.05) is 6.54 Å². The molecule has 0 spiro atoms. The number of fused-ring (bicyclic) bond motifs is 1. The summed E-state index contributed by atoms with van der Waals surface area (Å²) in [6.07, 6.45) is 2.72. The predicted octanol–water partition coefficient (Wildman–Crippen LogP) is 3.61. The molecule has 0 aliphatic heterocycles. The number of nitrogens with one attached hydrogen (secondary N) is 1. The average molecular weight is 272 g/mol. The standard InChI is InChI=1S/C16H14F2N2/c17-13-5-12(6-14(18)8-13)10-1-2-15-11(3-4-19)9-20-16(15)7-10/h1-2,5-9,20H,3-4,19H2. The Morgan fingerprint density at radius 3 is 2.40 bits per heavy atom. The van der Waals surface area contributed by atoms with Crippen molar-refractivity contribution in [3.63, 3.8) is 0 Å². The van der Waals surface area contributed by atoms with Crippen LogP contribution in [0, 0.1) is 11.6 Å². The van der Waals surface area contributed by atoms with Crippen LogP contribution < -0.4 is 5.73 Å². The van der Waals surface area contributed by atoms with Gasteiger partial charge in [-0.1, -0.05) is 12.1 Å². The highest BCUT2D eigenvalue weighted by molar-refractivity contribution is 5.87. The summed E-state index contributed by atoms with van der Waals surface area (Å²) in [5.41, 5.74) is 8.96. The fourth-order valence-electron chi connectivity index (χ4n) is 2.45. The molecule has 1 heterocycles. The molecule has 3 rings (SSSR count). The first-order valence-electron chi connectivity index (χ1n) is 6.44. The molecule has 1 aromatic heterocycles. The number of nitrogens with two attached hydrogens (primary N) is 1. The number of halogens is 2. The molecule has 3 aromatic rings. The minimum atomic E-state index is -0.574. The van der Waals surface area contributed by atoms with Crippen molar-refractivity contribution < 1.29 is 8.78 Å².